The van der Waals surface area contributed by atoms with Crippen LogP contribution in [0.5, 0.6) is 0 Å². The van der Waals surface area contributed by atoms with E-state index in [2.05, 4.69) is 10.4 Å². The Morgan fingerprint density at radius 2 is 1.62 bits per heavy atom. The number of aromatic nitrogens is 2. The largest absolute Gasteiger partial charge is 0.372 e. The Hall–Kier alpha value is -3.48. The molecule has 0 saturated carbocycles. The number of halogens is 2. The van der Waals surface area contributed by atoms with Crippen molar-refractivity contribution in [1.82, 2.24) is 15.1 Å². The number of carbonyl (C=O) groups is 1. The number of nitrogens with one attached hydrogen (secondary N) is 1. The maximum absolute atomic E-state index is 13.2. The second-order valence-electron chi connectivity index (χ2n) is 8.02. The minimum absolute atomic E-state index is 0.252. The van der Waals surface area contributed by atoms with Crippen LogP contribution in [-0.4, -0.2) is 15.7 Å². The van der Waals surface area contributed by atoms with Gasteiger partial charge in [0.15, 0.2) is 0 Å². The summed E-state index contributed by atoms with van der Waals surface area (Å²) in [5.41, 5.74) is 4.83. The zero-order valence-corrected chi connectivity index (χ0v) is 19.6. The lowest BCUT2D eigenvalue weighted by atomic mass is 10.1. The molecule has 34 heavy (non-hydrogen) atoms. The van der Waals surface area contributed by atoms with Crippen LogP contribution in [0.15, 0.2) is 78.9 Å². The summed E-state index contributed by atoms with van der Waals surface area (Å²) >= 11 is 6.47. The van der Waals surface area contributed by atoms with E-state index in [-0.39, 0.29) is 16.9 Å². The van der Waals surface area contributed by atoms with Gasteiger partial charge in [0.25, 0.3) is 5.91 Å². The van der Waals surface area contributed by atoms with E-state index in [4.69, 9.17) is 16.3 Å². The van der Waals surface area contributed by atoms with E-state index in [0.717, 1.165) is 22.3 Å². The first-order valence-corrected chi connectivity index (χ1v) is 11.3. The predicted molar refractivity (Wildman–Crippen MR) is 130 cm³/mol. The molecule has 174 valence electrons. The highest BCUT2D eigenvalue weighted by Gasteiger charge is 2.20. The van der Waals surface area contributed by atoms with Gasteiger partial charge in [0.1, 0.15) is 11.0 Å². The van der Waals surface area contributed by atoms with Gasteiger partial charge in [-0.1, -0.05) is 78.3 Å². The molecule has 0 aliphatic carbocycles. The lowest BCUT2D eigenvalue weighted by Gasteiger charge is -2.09. The average molecular weight is 478 g/mol. The van der Waals surface area contributed by atoms with Gasteiger partial charge in [-0.2, -0.15) is 5.10 Å². The van der Waals surface area contributed by atoms with Crippen molar-refractivity contribution < 1.29 is 13.9 Å². The molecule has 0 saturated heterocycles. The second-order valence-corrected chi connectivity index (χ2v) is 8.37. The molecule has 4 rings (SSSR count). The zero-order valence-electron chi connectivity index (χ0n) is 18.8. The molecule has 1 heterocycles. The number of hydrogen-bond donors (Lipinski definition) is 1. The summed E-state index contributed by atoms with van der Waals surface area (Å²) in [5.74, 6) is -0.600. The quantitative estimate of drug-likeness (QED) is 0.337. The first-order chi connectivity index (χ1) is 16.5. The van der Waals surface area contributed by atoms with E-state index in [9.17, 15) is 9.18 Å². The van der Waals surface area contributed by atoms with Crippen LogP contribution < -0.4 is 5.32 Å². The van der Waals surface area contributed by atoms with Gasteiger partial charge in [-0.3, -0.25) is 4.79 Å². The third-order valence-corrected chi connectivity index (χ3v) is 5.75. The molecule has 5 nitrogen and oxygen atoms in total. The zero-order chi connectivity index (χ0) is 23.9. The van der Waals surface area contributed by atoms with Crippen molar-refractivity contribution in [3.8, 4) is 0 Å². The summed E-state index contributed by atoms with van der Waals surface area (Å²) in [4.78, 5) is 12.9. The maximum Gasteiger partial charge on any atom is 0.256 e. The molecule has 1 N–H and O–H groups in total. The summed E-state index contributed by atoms with van der Waals surface area (Å²) in [6, 6.07) is 24.0. The molecular weight excluding hydrogens is 453 g/mol. The highest BCUT2D eigenvalue weighted by molar-refractivity contribution is 6.33. The highest BCUT2D eigenvalue weighted by atomic mass is 35.5. The monoisotopic (exact) mass is 477 g/mol. The fourth-order valence-electron chi connectivity index (χ4n) is 3.64. The normalized spacial score (nSPS) is 10.9. The van der Waals surface area contributed by atoms with Gasteiger partial charge in [0.2, 0.25) is 0 Å². The first-order valence-electron chi connectivity index (χ1n) is 10.9. The van der Waals surface area contributed by atoms with Gasteiger partial charge in [0.05, 0.1) is 31.0 Å². The number of rotatable bonds is 9. The molecule has 1 amide bonds. The maximum atomic E-state index is 13.2. The van der Waals surface area contributed by atoms with Gasteiger partial charge >= 0.3 is 0 Å². The van der Waals surface area contributed by atoms with Crippen molar-refractivity contribution >= 4 is 17.5 Å². The summed E-state index contributed by atoms with van der Waals surface area (Å²) < 4.78 is 20.5. The number of aryl methyl sites for hydroxylation is 1. The van der Waals surface area contributed by atoms with Crippen LogP contribution in [0.4, 0.5) is 4.39 Å². The molecule has 7 heteroatoms. The number of carbonyl (C=O) groups excluding carboxylic acids is 1. The third-order valence-electron chi connectivity index (χ3n) is 5.36. The molecule has 0 atom stereocenters. The van der Waals surface area contributed by atoms with Gasteiger partial charge < -0.3 is 10.1 Å². The van der Waals surface area contributed by atoms with Crippen molar-refractivity contribution in [1.29, 1.82) is 0 Å². The van der Waals surface area contributed by atoms with Crippen LogP contribution in [0, 0.1) is 12.7 Å². The van der Waals surface area contributed by atoms with E-state index in [1.54, 1.807) is 23.7 Å². The van der Waals surface area contributed by atoms with Crippen LogP contribution >= 0.6 is 11.6 Å². The molecule has 0 fully saturated rings. The average Bonchev–Trinajstić information content (AvgIpc) is 3.12. The highest BCUT2D eigenvalue weighted by Crippen LogP contribution is 2.21. The summed E-state index contributed by atoms with van der Waals surface area (Å²) in [6.45, 7) is 3.47. The Balaban J connectivity index is 1.35. The Bertz CT molecular complexity index is 1260. The standard InChI is InChI=1S/C27H25ClFN3O2/c1-19-25(26(28)32(31-19)16-20-10-12-24(29)13-11-20)27(33)30-15-22-8-5-9-23(14-22)18-34-17-21-6-3-2-4-7-21/h2-14H,15-18H2,1H3,(H,30,33). The topological polar surface area (TPSA) is 56.2 Å². The second kappa shape index (κ2) is 11.1. The number of nitrogens with zero attached hydrogens (tertiary/aromatic N) is 2. The molecule has 1 aromatic heterocycles. The summed E-state index contributed by atoms with van der Waals surface area (Å²) in [6.07, 6.45) is 0. The van der Waals surface area contributed by atoms with Crippen LogP contribution in [0.25, 0.3) is 0 Å². The van der Waals surface area contributed by atoms with E-state index < -0.39 is 0 Å². The molecule has 3 aromatic carbocycles. The van der Waals surface area contributed by atoms with Crippen LogP contribution in [-0.2, 0) is 31.0 Å². The minimum Gasteiger partial charge on any atom is -0.372 e. The Morgan fingerprint density at radius 3 is 2.38 bits per heavy atom. The first kappa shape index (κ1) is 23.7. The van der Waals surface area contributed by atoms with Crippen LogP contribution in [0.1, 0.15) is 38.3 Å². The molecular formula is C27H25ClFN3O2. The summed E-state index contributed by atoms with van der Waals surface area (Å²) in [5, 5.41) is 7.57. The van der Waals surface area contributed by atoms with E-state index in [0.29, 0.717) is 37.6 Å². The Labute approximate surface area is 203 Å². The third kappa shape index (κ3) is 6.10. The molecule has 0 bridgehead atoms. The molecule has 0 aliphatic heterocycles. The Morgan fingerprint density at radius 1 is 0.941 bits per heavy atom. The lowest BCUT2D eigenvalue weighted by molar-refractivity contribution is 0.0950. The van der Waals surface area contributed by atoms with E-state index in [1.807, 2.05) is 54.6 Å². The SMILES string of the molecule is Cc1nn(Cc2ccc(F)cc2)c(Cl)c1C(=O)NCc1cccc(COCc2ccccc2)c1. The van der Waals surface area contributed by atoms with Crippen molar-refractivity contribution in [2.24, 2.45) is 0 Å². The molecule has 0 aliphatic rings. The smallest absolute Gasteiger partial charge is 0.256 e. The number of ether oxygens (including phenoxy) is 1. The van der Waals surface area contributed by atoms with Crippen molar-refractivity contribution in [2.45, 2.75) is 33.2 Å². The Kier molecular flexibility index (Phi) is 7.72. The van der Waals surface area contributed by atoms with E-state index >= 15 is 0 Å². The minimum atomic E-state index is -0.307. The van der Waals surface area contributed by atoms with Crippen molar-refractivity contribution in [2.75, 3.05) is 0 Å². The number of benzene rings is 3. The fraction of sp³-hybridized carbons (Fsp3) is 0.185. The van der Waals surface area contributed by atoms with Gasteiger partial charge in [-0.05, 0) is 41.3 Å². The van der Waals surface area contributed by atoms with Crippen molar-refractivity contribution in [3.05, 3.63) is 123 Å². The summed E-state index contributed by atoms with van der Waals surface area (Å²) in [7, 11) is 0. The van der Waals surface area contributed by atoms with Crippen LogP contribution in [0.3, 0.4) is 0 Å². The van der Waals surface area contributed by atoms with Gasteiger partial charge in [-0.25, -0.2) is 9.07 Å². The van der Waals surface area contributed by atoms with Gasteiger partial charge in [-0.15, -0.1) is 0 Å². The number of hydrogen-bond acceptors (Lipinski definition) is 3. The molecule has 0 spiro atoms. The molecule has 0 radical (unpaired) electrons. The van der Waals surface area contributed by atoms with Crippen molar-refractivity contribution in [3.63, 3.8) is 0 Å². The molecule has 4 aromatic rings. The number of amides is 1. The predicted octanol–water partition coefficient (Wildman–Crippen LogP) is 5.68. The lowest BCUT2D eigenvalue weighted by Crippen LogP contribution is -2.23. The van der Waals surface area contributed by atoms with Crippen LogP contribution in [0.2, 0.25) is 5.15 Å². The van der Waals surface area contributed by atoms with E-state index in [1.165, 1.54) is 12.1 Å². The molecule has 0 unspecified atom stereocenters. The fourth-order valence-corrected chi connectivity index (χ4v) is 3.96. The van der Waals surface area contributed by atoms with Gasteiger partial charge in [0, 0.05) is 6.54 Å².